The third-order valence-corrected chi connectivity index (χ3v) is 5.09. The molecular weight excluding hydrogens is 324 g/mol. The first-order chi connectivity index (χ1) is 12.7. The van der Waals surface area contributed by atoms with Crippen LogP contribution in [0.15, 0.2) is 42.6 Å². The normalized spacial score (nSPS) is 14.1. The van der Waals surface area contributed by atoms with Crippen molar-refractivity contribution in [2.75, 3.05) is 18.0 Å². The number of H-pyrrole nitrogens is 1. The van der Waals surface area contributed by atoms with Crippen LogP contribution in [0.5, 0.6) is 0 Å². The third-order valence-electron chi connectivity index (χ3n) is 5.09. The highest BCUT2D eigenvalue weighted by molar-refractivity contribution is 5.90. The number of aromatic nitrogens is 2. The van der Waals surface area contributed by atoms with E-state index in [2.05, 4.69) is 32.3 Å². The molecule has 0 atom stereocenters. The van der Waals surface area contributed by atoms with E-state index < -0.39 is 0 Å². The smallest absolute Gasteiger partial charge is 0.224 e. The Morgan fingerprint density at radius 2 is 2.04 bits per heavy atom. The molecule has 5 nitrogen and oxygen atoms in total. The van der Waals surface area contributed by atoms with Gasteiger partial charge in [0.2, 0.25) is 5.91 Å². The highest BCUT2D eigenvalue weighted by Gasteiger charge is 2.14. The molecule has 3 aromatic rings. The van der Waals surface area contributed by atoms with Crippen molar-refractivity contribution in [1.29, 1.82) is 0 Å². The number of para-hydroxylation sites is 1. The van der Waals surface area contributed by atoms with Crippen molar-refractivity contribution in [3.8, 4) is 0 Å². The van der Waals surface area contributed by atoms with Crippen LogP contribution in [0.3, 0.4) is 0 Å². The lowest BCUT2D eigenvalue weighted by Crippen LogP contribution is -2.25. The molecule has 1 aliphatic rings. The number of fused-ring (bicyclic) bond motifs is 1. The predicted molar refractivity (Wildman–Crippen MR) is 104 cm³/mol. The number of carbonyl (C=O) groups is 1. The molecule has 1 saturated heterocycles. The zero-order chi connectivity index (χ0) is 17.9. The van der Waals surface area contributed by atoms with Crippen molar-refractivity contribution < 1.29 is 4.79 Å². The van der Waals surface area contributed by atoms with Crippen molar-refractivity contribution in [1.82, 2.24) is 15.3 Å². The van der Waals surface area contributed by atoms with Gasteiger partial charge in [0.25, 0.3) is 0 Å². The van der Waals surface area contributed by atoms with Crippen LogP contribution in [0, 0.1) is 6.92 Å². The summed E-state index contributed by atoms with van der Waals surface area (Å²) in [6.07, 6.45) is 4.68. The SMILES string of the molecule is Cc1[nH]c2ccccc2c1CC(=O)NCc1ccnc(N2CCCC2)c1. The van der Waals surface area contributed by atoms with Gasteiger partial charge in [-0.3, -0.25) is 4.79 Å². The molecule has 4 rings (SSSR count). The standard InChI is InChI=1S/C21H24N4O/c1-15-18(17-6-2-3-7-19(17)24-15)13-21(26)23-14-16-8-9-22-20(12-16)25-10-4-5-11-25/h2-3,6-9,12,24H,4-5,10-11,13-14H2,1H3,(H,23,26). The number of aryl methyl sites for hydroxylation is 1. The van der Waals surface area contributed by atoms with Crippen LogP contribution in [0.4, 0.5) is 5.82 Å². The summed E-state index contributed by atoms with van der Waals surface area (Å²) in [5.74, 6) is 1.05. The molecule has 1 fully saturated rings. The lowest BCUT2D eigenvalue weighted by Gasteiger charge is -2.17. The van der Waals surface area contributed by atoms with E-state index in [1.165, 1.54) is 12.8 Å². The largest absolute Gasteiger partial charge is 0.358 e. The first kappa shape index (κ1) is 16.6. The van der Waals surface area contributed by atoms with Crippen molar-refractivity contribution in [2.24, 2.45) is 0 Å². The molecule has 2 N–H and O–H groups in total. The quantitative estimate of drug-likeness (QED) is 0.743. The lowest BCUT2D eigenvalue weighted by molar-refractivity contribution is -0.120. The summed E-state index contributed by atoms with van der Waals surface area (Å²) >= 11 is 0. The molecule has 1 amide bonds. The summed E-state index contributed by atoms with van der Waals surface area (Å²) < 4.78 is 0. The molecule has 0 unspecified atom stereocenters. The zero-order valence-corrected chi connectivity index (χ0v) is 15.1. The summed E-state index contributed by atoms with van der Waals surface area (Å²) in [7, 11) is 0. The van der Waals surface area contributed by atoms with Gasteiger partial charge in [-0.2, -0.15) is 0 Å². The maximum atomic E-state index is 12.5. The molecule has 5 heteroatoms. The second-order valence-corrected chi connectivity index (χ2v) is 6.94. The minimum atomic E-state index is 0.0392. The first-order valence-corrected chi connectivity index (χ1v) is 9.23. The van der Waals surface area contributed by atoms with E-state index in [1.54, 1.807) is 0 Å². The Bertz CT molecular complexity index is 925. The van der Waals surface area contributed by atoms with Gasteiger partial charge in [-0.1, -0.05) is 18.2 Å². The summed E-state index contributed by atoms with van der Waals surface area (Å²) in [4.78, 5) is 22.6. The van der Waals surface area contributed by atoms with Crippen LogP contribution in [0.2, 0.25) is 0 Å². The number of benzene rings is 1. The van der Waals surface area contributed by atoms with E-state index in [0.29, 0.717) is 13.0 Å². The molecule has 3 heterocycles. The van der Waals surface area contributed by atoms with Gasteiger partial charge >= 0.3 is 0 Å². The minimum Gasteiger partial charge on any atom is -0.358 e. The van der Waals surface area contributed by atoms with Crippen LogP contribution in [0.25, 0.3) is 10.9 Å². The van der Waals surface area contributed by atoms with E-state index >= 15 is 0 Å². The van der Waals surface area contributed by atoms with Crippen molar-refractivity contribution in [3.63, 3.8) is 0 Å². The number of rotatable bonds is 5. The number of carbonyl (C=O) groups excluding carboxylic acids is 1. The summed E-state index contributed by atoms with van der Waals surface area (Å²) in [5.41, 5.74) is 4.30. The number of pyridine rings is 1. The Kier molecular flexibility index (Phi) is 4.61. The lowest BCUT2D eigenvalue weighted by atomic mass is 10.1. The number of nitrogens with zero attached hydrogens (tertiary/aromatic N) is 2. The molecule has 0 spiro atoms. The van der Waals surface area contributed by atoms with Gasteiger partial charge < -0.3 is 15.2 Å². The molecule has 0 radical (unpaired) electrons. The third kappa shape index (κ3) is 3.43. The second kappa shape index (κ2) is 7.20. The second-order valence-electron chi connectivity index (χ2n) is 6.94. The Morgan fingerprint density at radius 3 is 2.88 bits per heavy atom. The van der Waals surface area contributed by atoms with E-state index in [1.807, 2.05) is 37.4 Å². The maximum absolute atomic E-state index is 12.5. The number of amides is 1. The minimum absolute atomic E-state index is 0.0392. The van der Waals surface area contributed by atoms with Crippen molar-refractivity contribution in [3.05, 3.63) is 59.4 Å². The molecule has 26 heavy (non-hydrogen) atoms. The highest BCUT2D eigenvalue weighted by Crippen LogP contribution is 2.22. The Hall–Kier alpha value is -2.82. The highest BCUT2D eigenvalue weighted by atomic mass is 16.1. The Balaban J connectivity index is 1.41. The van der Waals surface area contributed by atoms with Gasteiger partial charge in [0.1, 0.15) is 5.82 Å². The first-order valence-electron chi connectivity index (χ1n) is 9.23. The van der Waals surface area contributed by atoms with Crippen LogP contribution in [-0.2, 0) is 17.8 Å². The number of hydrogen-bond donors (Lipinski definition) is 2. The number of anilines is 1. The van der Waals surface area contributed by atoms with E-state index in [4.69, 9.17) is 0 Å². The van der Waals surface area contributed by atoms with Crippen LogP contribution < -0.4 is 10.2 Å². The topological polar surface area (TPSA) is 61.0 Å². The van der Waals surface area contributed by atoms with Gasteiger partial charge in [-0.25, -0.2) is 4.98 Å². The molecule has 1 aromatic carbocycles. The zero-order valence-electron chi connectivity index (χ0n) is 15.1. The van der Waals surface area contributed by atoms with Crippen molar-refractivity contribution in [2.45, 2.75) is 32.7 Å². The molecule has 1 aliphatic heterocycles. The fourth-order valence-corrected chi connectivity index (χ4v) is 3.68. The van der Waals surface area contributed by atoms with Gasteiger partial charge in [0, 0.05) is 42.4 Å². The fourth-order valence-electron chi connectivity index (χ4n) is 3.68. The average Bonchev–Trinajstić information content (AvgIpc) is 3.29. The monoisotopic (exact) mass is 348 g/mol. The molecule has 0 saturated carbocycles. The van der Waals surface area contributed by atoms with Gasteiger partial charge in [0.15, 0.2) is 0 Å². The van der Waals surface area contributed by atoms with Gasteiger partial charge in [-0.15, -0.1) is 0 Å². The van der Waals surface area contributed by atoms with Gasteiger partial charge in [0.05, 0.1) is 6.42 Å². The summed E-state index contributed by atoms with van der Waals surface area (Å²) in [5, 5.41) is 4.17. The molecular formula is C21H24N4O. The predicted octanol–water partition coefficient (Wildman–Crippen LogP) is 3.33. The van der Waals surface area contributed by atoms with Crippen LogP contribution in [0.1, 0.15) is 29.7 Å². The average molecular weight is 348 g/mol. The van der Waals surface area contributed by atoms with E-state index in [9.17, 15) is 4.79 Å². The summed E-state index contributed by atoms with van der Waals surface area (Å²) in [6.45, 7) is 4.70. The van der Waals surface area contributed by atoms with Gasteiger partial charge in [-0.05, 0) is 49.1 Å². The van der Waals surface area contributed by atoms with Crippen molar-refractivity contribution >= 4 is 22.6 Å². The molecule has 0 bridgehead atoms. The summed E-state index contributed by atoms with van der Waals surface area (Å²) in [6, 6.07) is 12.2. The number of aromatic amines is 1. The van der Waals surface area contributed by atoms with Crippen LogP contribution in [-0.4, -0.2) is 29.0 Å². The number of hydrogen-bond acceptors (Lipinski definition) is 3. The molecule has 0 aliphatic carbocycles. The Morgan fingerprint density at radius 1 is 1.23 bits per heavy atom. The van der Waals surface area contributed by atoms with E-state index in [0.717, 1.165) is 46.6 Å². The molecule has 2 aromatic heterocycles. The Labute approximate surface area is 153 Å². The van der Waals surface area contributed by atoms with E-state index in [-0.39, 0.29) is 5.91 Å². The fraction of sp³-hybridized carbons (Fsp3) is 0.333. The number of nitrogens with one attached hydrogen (secondary N) is 2. The molecule has 134 valence electrons. The maximum Gasteiger partial charge on any atom is 0.224 e. The van der Waals surface area contributed by atoms with Crippen LogP contribution >= 0.6 is 0 Å².